The normalized spacial score (nSPS) is 14.6. The number of hydrogen-bond donors (Lipinski definition) is 0. The highest BCUT2D eigenvalue weighted by Gasteiger charge is 2.20. The van der Waals surface area contributed by atoms with Gasteiger partial charge in [0.25, 0.3) is 0 Å². The van der Waals surface area contributed by atoms with Gasteiger partial charge in [0.15, 0.2) is 5.78 Å². The predicted molar refractivity (Wildman–Crippen MR) is 87.2 cm³/mol. The lowest BCUT2D eigenvalue weighted by Crippen LogP contribution is -2.41. The number of carbonyl (C=O) groups is 1. The van der Waals surface area contributed by atoms with Crippen molar-refractivity contribution >= 4 is 33.0 Å². The van der Waals surface area contributed by atoms with Crippen LogP contribution in [0.4, 0.5) is 0 Å². The van der Waals surface area contributed by atoms with E-state index in [-0.39, 0.29) is 5.78 Å². The monoisotopic (exact) mass is 345 g/mol. The van der Waals surface area contributed by atoms with E-state index in [0.717, 1.165) is 28.7 Å². The number of Topliss-reactive ketones (excluding diaryl/α,β-unsaturated/α-hetero) is 1. The molecule has 108 valence electrons. The molecule has 0 aliphatic carbocycles. The Morgan fingerprint density at radius 1 is 1.32 bits per heavy atom. The third-order valence-corrected chi connectivity index (χ3v) is 5.66. The van der Waals surface area contributed by atoms with Gasteiger partial charge in [-0.05, 0) is 54.1 Å². The molecule has 0 saturated carbocycles. The molecule has 1 rings (SSSR count). The van der Waals surface area contributed by atoms with Crippen LogP contribution in [-0.4, -0.2) is 29.3 Å². The smallest absolute Gasteiger partial charge is 0.175 e. The summed E-state index contributed by atoms with van der Waals surface area (Å²) >= 11 is 4.96. The second-order valence-electron chi connectivity index (χ2n) is 5.02. The summed E-state index contributed by atoms with van der Waals surface area (Å²) in [6, 6.07) is 3.02. The molecule has 0 aliphatic heterocycles. The molecule has 0 spiro atoms. The van der Waals surface area contributed by atoms with Crippen LogP contribution in [0.15, 0.2) is 15.9 Å². The Labute approximate surface area is 129 Å². The van der Waals surface area contributed by atoms with Gasteiger partial charge in [0, 0.05) is 29.5 Å². The molecule has 0 aromatic carbocycles. The van der Waals surface area contributed by atoms with Gasteiger partial charge in [-0.15, -0.1) is 11.3 Å². The second kappa shape index (κ2) is 8.18. The molecule has 0 amide bonds. The first-order valence-corrected chi connectivity index (χ1v) is 8.70. The van der Waals surface area contributed by atoms with Gasteiger partial charge in [0.2, 0.25) is 0 Å². The van der Waals surface area contributed by atoms with Gasteiger partial charge in [0.05, 0.1) is 4.88 Å². The molecule has 2 unspecified atom stereocenters. The van der Waals surface area contributed by atoms with Crippen molar-refractivity contribution in [3.8, 4) is 0 Å². The third-order valence-electron chi connectivity index (χ3n) is 3.78. The minimum absolute atomic E-state index is 0.249. The lowest BCUT2D eigenvalue weighted by Gasteiger charge is -2.33. The number of rotatable bonds is 8. The molecule has 0 aliphatic rings. The van der Waals surface area contributed by atoms with Gasteiger partial charge in [-0.25, -0.2) is 0 Å². The molecule has 2 atom stereocenters. The molecular weight excluding hydrogens is 322 g/mol. The summed E-state index contributed by atoms with van der Waals surface area (Å²) in [5.74, 6) is 0.249. The van der Waals surface area contributed by atoms with Gasteiger partial charge in [-0.3, -0.25) is 9.69 Å². The van der Waals surface area contributed by atoms with Crippen molar-refractivity contribution in [3.63, 3.8) is 0 Å². The van der Waals surface area contributed by atoms with Crippen molar-refractivity contribution in [2.75, 3.05) is 6.54 Å². The molecule has 0 saturated heterocycles. The molecule has 0 radical (unpaired) electrons. The van der Waals surface area contributed by atoms with Crippen LogP contribution in [0.1, 0.15) is 56.6 Å². The zero-order valence-electron chi connectivity index (χ0n) is 12.3. The average Bonchev–Trinajstić information content (AvgIpc) is 2.84. The van der Waals surface area contributed by atoms with E-state index in [1.54, 1.807) is 0 Å². The Morgan fingerprint density at radius 2 is 1.89 bits per heavy atom. The highest BCUT2D eigenvalue weighted by molar-refractivity contribution is 9.10. The van der Waals surface area contributed by atoms with E-state index in [4.69, 9.17) is 0 Å². The van der Waals surface area contributed by atoms with Crippen molar-refractivity contribution in [3.05, 3.63) is 20.8 Å². The van der Waals surface area contributed by atoms with Crippen LogP contribution in [0.2, 0.25) is 0 Å². The summed E-state index contributed by atoms with van der Waals surface area (Å²) in [5.41, 5.74) is 0. The van der Waals surface area contributed by atoms with Crippen molar-refractivity contribution in [1.82, 2.24) is 4.90 Å². The van der Waals surface area contributed by atoms with E-state index in [1.165, 1.54) is 11.3 Å². The largest absolute Gasteiger partial charge is 0.298 e. The number of nitrogens with zero attached hydrogens (tertiary/aromatic N) is 1. The maximum absolute atomic E-state index is 12.2. The minimum Gasteiger partial charge on any atom is -0.298 e. The summed E-state index contributed by atoms with van der Waals surface area (Å²) in [5, 5.41) is 1.96. The summed E-state index contributed by atoms with van der Waals surface area (Å²) in [6.45, 7) is 9.76. The van der Waals surface area contributed by atoms with Gasteiger partial charge in [-0.1, -0.05) is 13.8 Å². The number of hydrogen-bond acceptors (Lipinski definition) is 3. The van der Waals surface area contributed by atoms with E-state index in [1.807, 2.05) is 11.4 Å². The lowest BCUT2D eigenvalue weighted by atomic mass is 10.1. The van der Waals surface area contributed by atoms with Crippen LogP contribution in [0.25, 0.3) is 0 Å². The van der Waals surface area contributed by atoms with Crippen LogP contribution in [-0.2, 0) is 0 Å². The Hall–Kier alpha value is -0.190. The average molecular weight is 346 g/mol. The first-order valence-electron chi connectivity index (χ1n) is 7.03. The Kier molecular flexibility index (Phi) is 7.26. The topological polar surface area (TPSA) is 20.3 Å². The number of thiophene rings is 1. The van der Waals surface area contributed by atoms with Crippen molar-refractivity contribution in [2.24, 2.45) is 0 Å². The lowest BCUT2D eigenvalue weighted by molar-refractivity contribution is 0.0924. The van der Waals surface area contributed by atoms with Crippen molar-refractivity contribution in [2.45, 2.75) is 59.0 Å². The van der Waals surface area contributed by atoms with Crippen molar-refractivity contribution < 1.29 is 4.79 Å². The fourth-order valence-electron chi connectivity index (χ4n) is 2.18. The van der Waals surface area contributed by atoms with Crippen LogP contribution < -0.4 is 0 Å². The van der Waals surface area contributed by atoms with Crippen LogP contribution in [0.5, 0.6) is 0 Å². The fraction of sp³-hybridized carbons (Fsp3) is 0.667. The quantitative estimate of drug-likeness (QED) is 0.619. The highest BCUT2D eigenvalue weighted by atomic mass is 79.9. The summed E-state index contributed by atoms with van der Waals surface area (Å²) in [4.78, 5) is 15.5. The summed E-state index contributed by atoms with van der Waals surface area (Å²) in [7, 11) is 0. The van der Waals surface area contributed by atoms with Crippen molar-refractivity contribution in [1.29, 1.82) is 0 Å². The maximum Gasteiger partial charge on any atom is 0.175 e. The molecule has 4 heteroatoms. The standard InChI is InChI=1S/C15H24BrNOS/c1-5-11(3)17(12(4)6-2)9-7-14(18)15-13(16)8-10-19-15/h8,10-12H,5-7,9H2,1-4H3. The Balaban J connectivity index is 2.61. The molecular formula is C15H24BrNOS. The van der Waals surface area contributed by atoms with Gasteiger partial charge < -0.3 is 0 Å². The molecule has 2 nitrogen and oxygen atoms in total. The Bertz CT molecular complexity index is 395. The van der Waals surface area contributed by atoms with Gasteiger partial charge in [-0.2, -0.15) is 0 Å². The molecule has 1 aromatic rings. The first-order chi connectivity index (χ1) is 9.01. The number of carbonyl (C=O) groups excluding carboxylic acids is 1. The van der Waals surface area contributed by atoms with E-state index < -0.39 is 0 Å². The minimum atomic E-state index is 0.249. The summed E-state index contributed by atoms with van der Waals surface area (Å²) < 4.78 is 0.932. The van der Waals surface area contributed by atoms with Crippen LogP contribution in [0.3, 0.4) is 0 Å². The van der Waals surface area contributed by atoms with E-state index in [0.29, 0.717) is 18.5 Å². The molecule has 19 heavy (non-hydrogen) atoms. The molecule has 0 N–H and O–H groups in total. The SMILES string of the molecule is CCC(C)N(CCC(=O)c1sccc1Br)C(C)CC. The van der Waals surface area contributed by atoms with Gasteiger partial charge >= 0.3 is 0 Å². The van der Waals surface area contributed by atoms with Gasteiger partial charge in [0.1, 0.15) is 0 Å². The summed E-state index contributed by atoms with van der Waals surface area (Å²) in [6.07, 6.45) is 2.86. The molecule has 1 heterocycles. The Morgan fingerprint density at radius 3 is 2.32 bits per heavy atom. The first kappa shape index (κ1) is 16.9. The zero-order valence-corrected chi connectivity index (χ0v) is 14.7. The van der Waals surface area contributed by atoms with E-state index in [2.05, 4.69) is 48.5 Å². The molecule has 1 aromatic heterocycles. The van der Waals surface area contributed by atoms with Crippen LogP contribution >= 0.6 is 27.3 Å². The van der Waals surface area contributed by atoms with E-state index >= 15 is 0 Å². The zero-order chi connectivity index (χ0) is 14.4. The molecule has 0 bridgehead atoms. The number of halogens is 1. The van der Waals surface area contributed by atoms with Crippen LogP contribution in [0, 0.1) is 0 Å². The number of ketones is 1. The second-order valence-corrected chi connectivity index (χ2v) is 6.79. The highest BCUT2D eigenvalue weighted by Crippen LogP contribution is 2.24. The maximum atomic E-state index is 12.2. The molecule has 0 fully saturated rings. The fourth-order valence-corrected chi connectivity index (χ4v) is 3.74. The predicted octanol–water partition coefficient (Wildman–Crippen LogP) is 4.98. The van der Waals surface area contributed by atoms with E-state index in [9.17, 15) is 4.79 Å². The third kappa shape index (κ3) is 4.69.